The number of carbonyl (C=O) groups is 2. The van der Waals surface area contributed by atoms with Gasteiger partial charge >= 0.3 is 0 Å². The molecular formula is C22H34N4O3. The van der Waals surface area contributed by atoms with Crippen LogP contribution in [0.25, 0.3) is 0 Å². The van der Waals surface area contributed by atoms with Crippen LogP contribution in [0.1, 0.15) is 77.6 Å². The Morgan fingerprint density at radius 3 is 1.72 bits per heavy atom. The van der Waals surface area contributed by atoms with Gasteiger partial charge in [-0.15, -0.1) is 0 Å². The van der Waals surface area contributed by atoms with E-state index in [0.717, 1.165) is 56.9 Å². The Balaban J connectivity index is 1.73. The molecule has 1 aromatic carbocycles. The molecule has 7 nitrogen and oxygen atoms in total. The molecule has 0 bridgehead atoms. The highest BCUT2D eigenvalue weighted by atomic mass is 16.5. The minimum absolute atomic E-state index is 0.108. The van der Waals surface area contributed by atoms with Crippen molar-refractivity contribution in [2.75, 3.05) is 7.11 Å². The van der Waals surface area contributed by atoms with Crippen LogP contribution in [0.5, 0.6) is 5.75 Å². The van der Waals surface area contributed by atoms with Gasteiger partial charge in [-0.1, -0.05) is 0 Å². The third-order valence-electron chi connectivity index (χ3n) is 6.25. The Bertz CT molecular complexity index is 736. The van der Waals surface area contributed by atoms with E-state index in [1.54, 1.807) is 12.1 Å². The molecule has 2 fully saturated rings. The maximum Gasteiger partial charge on any atom is 0.255 e. The van der Waals surface area contributed by atoms with E-state index in [1.807, 2.05) is 6.92 Å². The van der Waals surface area contributed by atoms with Gasteiger partial charge in [0.2, 0.25) is 0 Å². The van der Waals surface area contributed by atoms with Crippen LogP contribution >= 0.6 is 0 Å². The van der Waals surface area contributed by atoms with Gasteiger partial charge < -0.3 is 26.8 Å². The van der Waals surface area contributed by atoms with Crippen molar-refractivity contribution in [2.45, 2.75) is 82.5 Å². The average molecular weight is 403 g/mol. The smallest absolute Gasteiger partial charge is 0.255 e. The summed E-state index contributed by atoms with van der Waals surface area (Å²) in [6.45, 7) is 1.86. The number of nitrogens with two attached hydrogens (primary N) is 2. The van der Waals surface area contributed by atoms with Crippen molar-refractivity contribution in [1.82, 2.24) is 10.6 Å². The molecule has 0 radical (unpaired) electrons. The monoisotopic (exact) mass is 402 g/mol. The highest BCUT2D eigenvalue weighted by Gasteiger charge is 2.25. The summed E-state index contributed by atoms with van der Waals surface area (Å²) < 4.78 is 5.42. The first-order valence-corrected chi connectivity index (χ1v) is 10.7. The molecule has 0 spiro atoms. The fraction of sp³-hybridized carbons (Fsp3) is 0.636. The Kier molecular flexibility index (Phi) is 7.14. The van der Waals surface area contributed by atoms with Crippen LogP contribution in [0.2, 0.25) is 0 Å². The van der Waals surface area contributed by atoms with Gasteiger partial charge in [-0.05, 0) is 76.0 Å². The molecule has 6 N–H and O–H groups in total. The van der Waals surface area contributed by atoms with Crippen molar-refractivity contribution >= 4 is 11.8 Å². The quantitative estimate of drug-likeness (QED) is 0.601. The summed E-state index contributed by atoms with van der Waals surface area (Å²) in [7, 11) is 1.54. The van der Waals surface area contributed by atoms with Crippen molar-refractivity contribution in [3.63, 3.8) is 0 Å². The van der Waals surface area contributed by atoms with Crippen molar-refractivity contribution in [1.29, 1.82) is 0 Å². The lowest BCUT2D eigenvalue weighted by atomic mass is 9.91. The number of methoxy groups -OCH3 is 1. The van der Waals surface area contributed by atoms with Gasteiger partial charge in [0.1, 0.15) is 5.75 Å². The van der Waals surface area contributed by atoms with E-state index in [2.05, 4.69) is 10.6 Å². The molecule has 0 atom stereocenters. The summed E-state index contributed by atoms with van der Waals surface area (Å²) >= 11 is 0. The highest BCUT2D eigenvalue weighted by Crippen LogP contribution is 2.26. The zero-order valence-electron chi connectivity index (χ0n) is 17.5. The highest BCUT2D eigenvalue weighted by molar-refractivity contribution is 6.02. The number of benzene rings is 1. The number of nitrogens with one attached hydrogen (secondary N) is 2. The molecule has 0 heterocycles. The standard InChI is InChI=1S/C22H34N4O3/c1-13-11-20(29-2)19(22(28)26-17-9-5-15(24)6-10-17)12-18(13)21(27)25-16-7-3-14(23)4-8-16/h11-12,14-17H,3-10,23-24H2,1-2H3,(H,25,27)(H,26,28). The predicted octanol–water partition coefficient (Wildman–Crippen LogP) is 2.00. The van der Waals surface area contributed by atoms with E-state index >= 15 is 0 Å². The third-order valence-corrected chi connectivity index (χ3v) is 6.25. The summed E-state index contributed by atoms with van der Waals surface area (Å²) in [5.74, 6) is 0.121. The largest absolute Gasteiger partial charge is 0.496 e. The van der Waals surface area contributed by atoms with Gasteiger partial charge in [0, 0.05) is 29.7 Å². The predicted molar refractivity (Wildman–Crippen MR) is 113 cm³/mol. The molecule has 0 unspecified atom stereocenters. The van der Waals surface area contributed by atoms with E-state index in [0.29, 0.717) is 16.9 Å². The average Bonchev–Trinajstić information content (AvgIpc) is 2.71. The molecule has 2 amide bonds. The molecule has 0 saturated heterocycles. The third kappa shape index (κ3) is 5.48. The minimum atomic E-state index is -0.208. The van der Waals surface area contributed by atoms with Gasteiger partial charge in [0.05, 0.1) is 12.7 Å². The second kappa shape index (κ2) is 9.59. The number of rotatable bonds is 5. The normalized spacial score (nSPS) is 27.2. The maximum absolute atomic E-state index is 12.9. The summed E-state index contributed by atoms with van der Waals surface area (Å²) in [6, 6.07) is 4.11. The number of aryl methyl sites for hydroxylation is 1. The maximum atomic E-state index is 12.9. The molecule has 7 heteroatoms. The van der Waals surface area contributed by atoms with Crippen LogP contribution in [0.15, 0.2) is 12.1 Å². The van der Waals surface area contributed by atoms with Crippen molar-refractivity contribution < 1.29 is 14.3 Å². The topological polar surface area (TPSA) is 119 Å². The van der Waals surface area contributed by atoms with Crippen LogP contribution in [0.3, 0.4) is 0 Å². The Morgan fingerprint density at radius 2 is 1.28 bits per heavy atom. The van der Waals surface area contributed by atoms with Gasteiger partial charge in [-0.25, -0.2) is 0 Å². The van der Waals surface area contributed by atoms with E-state index in [1.165, 1.54) is 7.11 Å². The Labute approximate surface area is 172 Å². The van der Waals surface area contributed by atoms with E-state index < -0.39 is 0 Å². The Morgan fingerprint density at radius 1 is 0.828 bits per heavy atom. The van der Waals surface area contributed by atoms with Gasteiger partial charge in [-0.3, -0.25) is 9.59 Å². The summed E-state index contributed by atoms with van der Waals surface area (Å²) in [6.07, 6.45) is 7.19. The molecule has 0 aromatic heterocycles. The zero-order valence-corrected chi connectivity index (χ0v) is 17.5. The van der Waals surface area contributed by atoms with Crippen LogP contribution in [-0.4, -0.2) is 43.1 Å². The molecule has 3 rings (SSSR count). The second-order valence-electron chi connectivity index (χ2n) is 8.54. The fourth-order valence-corrected chi connectivity index (χ4v) is 4.33. The van der Waals surface area contributed by atoms with E-state index in [9.17, 15) is 9.59 Å². The van der Waals surface area contributed by atoms with E-state index in [-0.39, 0.29) is 36.0 Å². The zero-order chi connectivity index (χ0) is 21.0. The molecule has 2 aliphatic carbocycles. The molecule has 160 valence electrons. The first kappa shape index (κ1) is 21.6. The number of hydrogen-bond donors (Lipinski definition) is 4. The van der Waals surface area contributed by atoms with Crippen LogP contribution in [-0.2, 0) is 0 Å². The lowest BCUT2D eigenvalue weighted by Gasteiger charge is -2.28. The Hall–Kier alpha value is -2.12. The summed E-state index contributed by atoms with van der Waals surface area (Å²) in [5.41, 5.74) is 13.6. The summed E-state index contributed by atoms with van der Waals surface area (Å²) in [5, 5.41) is 6.19. The number of hydrogen-bond acceptors (Lipinski definition) is 5. The van der Waals surface area contributed by atoms with Gasteiger partial charge in [0.25, 0.3) is 11.8 Å². The molecule has 0 aliphatic heterocycles. The van der Waals surface area contributed by atoms with Crippen LogP contribution in [0, 0.1) is 6.92 Å². The van der Waals surface area contributed by atoms with Crippen molar-refractivity contribution in [2.24, 2.45) is 11.5 Å². The molecule has 1 aromatic rings. The SMILES string of the molecule is COc1cc(C)c(C(=O)NC2CCC(N)CC2)cc1C(=O)NC1CCC(N)CC1. The number of carbonyl (C=O) groups excluding carboxylic acids is 2. The van der Waals surface area contributed by atoms with Crippen LogP contribution in [0.4, 0.5) is 0 Å². The van der Waals surface area contributed by atoms with Crippen molar-refractivity contribution in [3.8, 4) is 5.75 Å². The summed E-state index contributed by atoms with van der Waals surface area (Å²) in [4.78, 5) is 25.8. The molecular weight excluding hydrogens is 368 g/mol. The lowest BCUT2D eigenvalue weighted by molar-refractivity contribution is 0.0922. The minimum Gasteiger partial charge on any atom is -0.496 e. The lowest BCUT2D eigenvalue weighted by Crippen LogP contribution is -2.41. The molecule has 2 saturated carbocycles. The fourth-order valence-electron chi connectivity index (χ4n) is 4.33. The van der Waals surface area contributed by atoms with Crippen molar-refractivity contribution in [3.05, 3.63) is 28.8 Å². The number of ether oxygens (including phenoxy) is 1. The van der Waals surface area contributed by atoms with Crippen LogP contribution < -0.4 is 26.8 Å². The molecule has 29 heavy (non-hydrogen) atoms. The van der Waals surface area contributed by atoms with Gasteiger partial charge in [0.15, 0.2) is 0 Å². The first-order valence-electron chi connectivity index (χ1n) is 10.7. The number of amides is 2. The first-order chi connectivity index (χ1) is 13.9. The van der Waals surface area contributed by atoms with Gasteiger partial charge in [-0.2, -0.15) is 0 Å². The van der Waals surface area contributed by atoms with E-state index in [4.69, 9.17) is 16.2 Å². The molecule has 2 aliphatic rings. The second-order valence-corrected chi connectivity index (χ2v) is 8.54.